The molecule has 0 aliphatic carbocycles. The number of halogens is 1. The van der Waals surface area contributed by atoms with E-state index < -0.39 is 0 Å². The van der Waals surface area contributed by atoms with E-state index in [0.717, 1.165) is 24.2 Å². The first-order valence-corrected chi connectivity index (χ1v) is 7.28. The second-order valence-electron chi connectivity index (χ2n) is 5.87. The van der Waals surface area contributed by atoms with Crippen LogP contribution in [0.25, 0.3) is 0 Å². The van der Waals surface area contributed by atoms with Crippen LogP contribution in [0.15, 0.2) is 18.2 Å². The lowest BCUT2D eigenvalue weighted by atomic mass is 10.0. The minimum atomic E-state index is -0.0906. The highest BCUT2D eigenvalue weighted by atomic mass is 19.1. The number of nitrogens with zero attached hydrogens (tertiary/aromatic N) is 1. The molecule has 0 bridgehead atoms. The number of benzene rings is 1. The Morgan fingerprint density at radius 2 is 2.05 bits per heavy atom. The monoisotopic (exact) mass is 264 g/mol. The van der Waals surface area contributed by atoms with Gasteiger partial charge in [-0.25, -0.2) is 4.39 Å². The van der Waals surface area contributed by atoms with Crippen LogP contribution < -0.4 is 10.2 Å². The Morgan fingerprint density at radius 1 is 1.32 bits per heavy atom. The fourth-order valence-electron chi connectivity index (χ4n) is 2.98. The zero-order valence-electron chi connectivity index (χ0n) is 12.4. The van der Waals surface area contributed by atoms with Crippen molar-refractivity contribution in [2.75, 3.05) is 18.5 Å². The van der Waals surface area contributed by atoms with E-state index in [1.165, 1.54) is 6.42 Å². The van der Waals surface area contributed by atoms with Crippen LogP contribution in [0.1, 0.15) is 45.2 Å². The minimum absolute atomic E-state index is 0.0906. The van der Waals surface area contributed by atoms with Crippen LogP contribution in [0, 0.1) is 11.7 Å². The standard InChI is InChI=1S/C16H25FN2/c1-11(2)15-6-5-9-19(15)16-8-7-13(10-14(16)17)12(3)18-4/h7-8,10-12,15,18H,5-6,9H2,1-4H3. The van der Waals surface area contributed by atoms with Gasteiger partial charge in [0.2, 0.25) is 0 Å². The molecular weight excluding hydrogens is 239 g/mol. The third-order valence-electron chi connectivity index (χ3n) is 4.28. The predicted molar refractivity (Wildman–Crippen MR) is 79.1 cm³/mol. The Hall–Kier alpha value is -1.09. The summed E-state index contributed by atoms with van der Waals surface area (Å²) in [7, 11) is 1.89. The maximum Gasteiger partial charge on any atom is 0.146 e. The molecule has 1 N–H and O–H groups in total. The van der Waals surface area contributed by atoms with E-state index in [9.17, 15) is 4.39 Å². The lowest BCUT2D eigenvalue weighted by molar-refractivity contribution is 0.485. The number of nitrogens with one attached hydrogen (secondary N) is 1. The zero-order chi connectivity index (χ0) is 14.0. The number of hydrogen-bond acceptors (Lipinski definition) is 2. The van der Waals surface area contributed by atoms with Crippen LogP contribution in [-0.2, 0) is 0 Å². The Balaban J connectivity index is 2.26. The van der Waals surface area contributed by atoms with Gasteiger partial charge in [-0.2, -0.15) is 0 Å². The summed E-state index contributed by atoms with van der Waals surface area (Å²) in [6, 6.07) is 6.31. The molecule has 2 rings (SSSR count). The summed E-state index contributed by atoms with van der Waals surface area (Å²) in [6.07, 6.45) is 2.34. The average Bonchev–Trinajstić information content (AvgIpc) is 2.86. The molecule has 0 amide bonds. The first kappa shape index (κ1) is 14.3. The number of rotatable bonds is 4. The summed E-state index contributed by atoms with van der Waals surface area (Å²) < 4.78 is 14.4. The third-order valence-corrected chi connectivity index (χ3v) is 4.28. The maximum atomic E-state index is 14.4. The largest absolute Gasteiger partial charge is 0.366 e. The highest BCUT2D eigenvalue weighted by molar-refractivity contribution is 5.51. The molecule has 1 saturated heterocycles. The molecule has 1 heterocycles. The molecule has 2 nitrogen and oxygen atoms in total. The van der Waals surface area contributed by atoms with Gasteiger partial charge in [0.25, 0.3) is 0 Å². The van der Waals surface area contributed by atoms with Gasteiger partial charge in [-0.3, -0.25) is 0 Å². The Morgan fingerprint density at radius 3 is 2.63 bits per heavy atom. The molecule has 0 radical (unpaired) electrons. The molecule has 106 valence electrons. The second kappa shape index (κ2) is 5.91. The Kier molecular flexibility index (Phi) is 4.46. The van der Waals surface area contributed by atoms with E-state index in [0.29, 0.717) is 12.0 Å². The second-order valence-corrected chi connectivity index (χ2v) is 5.87. The van der Waals surface area contributed by atoms with Gasteiger partial charge < -0.3 is 10.2 Å². The smallest absolute Gasteiger partial charge is 0.146 e. The van der Waals surface area contributed by atoms with Crippen molar-refractivity contribution in [1.82, 2.24) is 5.32 Å². The van der Waals surface area contributed by atoms with Gasteiger partial charge in [0.05, 0.1) is 5.69 Å². The van der Waals surface area contributed by atoms with Gasteiger partial charge in [0.1, 0.15) is 5.82 Å². The van der Waals surface area contributed by atoms with Crippen LogP contribution in [0.5, 0.6) is 0 Å². The topological polar surface area (TPSA) is 15.3 Å². The van der Waals surface area contributed by atoms with Crippen molar-refractivity contribution < 1.29 is 4.39 Å². The molecule has 19 heavy (non-hydrogen) atoms. The normalized spacial score (nSPS) is 21.2. The van der Waals surface area contributed by atoms with Crippen LogP contribution in [0.2, 0.25) is 0 Å². The molecule has 2 unspecified atom stereocenters. The summed E-state index contributed by atoms with van der Waals surface area (Å²) in [4.78, 5) is 2.24. The molecule has 2 atom stereocenters. The van der Waals surface area contributed by atoms with Crippen molar-refractivity contribution in [1.29, 1.82) is 0 Å². The average molecular weight is 264 g/mol. The molecular formula is C16H25FN2. The lowest BCUT2D eigenvalue weighted by Gasteiger charge is -2.30. The summed E-state index contributed by atoms with van der Waals surface area (Å²) in [6.45, 7) is 7.46. The molecule has 0 spiro atoms. The third kappa shape index (κ3) is 2.92. The van der Waals surface area contributed by atoms with E-state index >= 15 is 0 Å². The molecule has 1 aliphatic rings. The van der Waals surface area contributed by atoms with E-state index in [4.69, 9.17) is 0 Å². The van der Waals surface area contributed by atoms with Crippen molar-refractivity contribution in [3.63, 3.8) is 0 Å². The molecule has 1 aromatic carbocycles. The van der Waals surface area contributed by atoms with E-state index in [-0.39, 0.29) is 11.9 Å². The molecule has 3 heteroatoms. The quantitative estimate of drug-likeness (QED) is 0.891. The van der Waals surface area contributed by atoms with E-state index in [1.54, 1.807) is 6.07 Å². The van der Waals surface area contributed by atoms with Gasteiger partial charge in [0, 0.05) is 18.6 Å². The maximum absolute atomic E-state index is 14.4. The van der Waals surface area contributed by atoms with Gasteiger partial charge in [-0.05, 0) is 50.4 Å². The van der Waals surface area contributed by atoms with Crippen molar-refractivity contribution in [3.05, 3.63) is 29.6 Å². The van der Waals surface area contributed by atoms with Gasteiger partial charge in [-0.1, -0.05) is 19.9 Å². The molecule has 1 aromatic rings. The predicted octanol–water partition coefficient (Wildman–Crippen LogP) is 3.73. The minimum Gasteiger partial charge on any atom is -0.366 e. The molecule has 1 aliphatic heterocycles. The summed E-state index contributed by atoms with van der Waals surface area (Å²) >= 11 is 0. The Bertz CT molecular complexity index is 431. The zero-order valence-corrected chi connectivity index (χ0v) is 12.4. The van der Waals surface area contributed by atoms with Gasteiger partial charge in [-0.15, -0.1) is 0 Å². The SMILES string of the molecule is CNC(C)c1ccc(N2CCCC2C(C)C)c(F)c1. The highest BCUT2D eigenvalue weighted by Crippen LogP contribution is 2.32. The summed E-state index contributed by atoms with van der Waals surface area (Å²) in [5.41, 5.74) is 1.77. The number of hydrogen-bond donors (Lipinski definition) is 1. The summed E-state index contributed by atoms with van der Waals surface area (Å²) in [5, 5.41) is 3.14. The Labute approximate surface area is 116 Å². The van der Waals surface area contributed by atoms with Crippen LogP contribution in [-0.4, -0.2) is 19.6 Å². The van der Waals surface area contributed by atoms with Crippen LogP contribution in [0.4, 0.5) is 10.1 Å². The van der Waals surface area contributed by atoms with Crippen molar-refractivity contribution in [2.45, 2.75) is 45.7 Å². The summed E-state index contributed by atoms with van der Waals surface area (Å²) in [5.74, 6) is 0.477. The molecule has 0 aromatic heterocycles. The molecule has 1 fully saturated rings. The lowest BCUT2D eigenvalue weighted by Crippen LogP contribution is -2.34. The van der Waals surface area contributed by atoms with E-state index in [1.807, 2.05) is 26.1 Å². The van der Waals surface area contributed by atoms with Crippen LogP contribution >= 0.6 is 0 Å². The first-order valence-electron chi connectivity index (χ1n) is 7.28. The van der Waals surface area contributed by atoms with Gasteiger partial charge in [0.15, 0.2) is 0 Å². The van der Waals surface area contributed by atoms with Gasteiger partial charge >= 0.3 is 0 Å². The fraction of sp³-hybridized carbons (Fsp3) is 0.625. The molecule has 0 saturated carbocycles. The highest BCUT2D eigenvalue weighted by Gasteiger charge is 2.28. The van der Waals surface area contributed by atoms with E-state index in [2.05, 4.69) is 24.1 Å². The van der Waals surface area contributed by atoms with Crippen molar-refractivity contribution >= 4 is 5.69 Å². The number of anilines is 1. The van der Waals surface area contributed by atoms with Crippen LogP contribution in [0.3, 0.4) is 0 Å². The fourth-order valence-corrected chi connectivity index (χ4v) is 2.98. The van der Waals surface area contributed by atoms with Crippen molar-refractivity contribution in [3.8, 4) is 0 Å². The van der Waals surface area contributed by atoms with Crippen molar-refractivity contribution in [2.24, 2.45) is 5.92 Å². The first-order chi connectivity index (χ1) is 9.04.